The van der Waals surface area contributed by atoms with Crippen LogP contribution in [0.15, 0.2) is 54.9 Å². The fourth-order valence-corrected chi connectivity index (χ4v) is 3.22. The van der Waals surface area contributed by atoms with Gasteiger partial charge >= 0.3 is 0 Å². The largest absolute Gasteiger partial charge is 0.473 e. The third-order valence-corrected chi connectivity index (χ3v) is 4.73. The van der Waals surface area contributed by atoms with Gasteiger partial charge in [0.2, 0.25) is 11.8 Å². The predicted octanol–water partition coefficient (Wildman–Crippen LogP) is 2.81. The number of hydrogen-bond donors (Lipinski definition) is 0. The van der Waals surface area contributed by atoms with E-state index in [0.717, 1.165) is 36.2 Å². The molecule has 2 aromatic heterocycles. The summed E-state index contributed by atoms with van der Waals surface area (Å²) in [5.74, 6) is 0.798. The Kier molecular flexibility index (Phi) is 5.61. The summed E-state index contributed by atoms with van der Waals surface area (Å²) in [4.78, 5) is 18.1. The number of rotatable bonds is 7. The van der Waals surface area contributed by atoms with Gasteiger partial charge in [-0.1, -0.05) is 41.6 Å². The molecule has 1 aliphatic rings. The van der Waals surface area contributed by atoms with Crippen molar-refractivity contribution >= 4 is 5.91 Å². The van der Waals surface area contributed by atoms with Crippen molar-refractivity contribution in [2.75, 3.05) is 6.54 Å². The second-order valence-corrected chi connectivity index (χ2v) is 6.96. The van der Waals surface area contributed by atoms with Crippen molar-refractivity contribution in [2.24, 2.45) is 0 Å². The Labute approximate surface area is 164 Å². The van der Waals surface area contributed by atoms with Crippen molar-refractivity contribution in [3.63, 3.8) is 0 Å². The number of amides is 1. The van der Waals surface area contributed by atoms with Gasteiger partial charge in [-0.15, -0.1) is 5.10 Å². The van der Waals surface area contributed by atoms with E-state index in [1.165, 1.54) is 0 Å². The molecule has 0 N–H and O–H groups in total. The maximum Gasteiger partial charge on any atom is 0.222 e. The first-order chi connectivity index (χ1) is 13.8. The number of hydrogen-bond acceptors (Lipinski definition) is 5. The number of carbonyl (C=O) groups is 1. The molecule has 7 heteroatoms. The lowest BCUT2D eigenvalue weighted by Gasteiger charge is -2.25. The van der Waals surface area contributed by atoms with Crippen LogP contribution >= 0.6 is 0 Å². The summed E-state index contributed by atoms with van der Waals surface area (Å²) in [5.41, 5.74) is 2.93. The molecule has 0 aliphatic carbocycles. The third-order valence-electron chi connectivity index (χ3n) is 4.73. The number of aromatic nitrogens is 4. The van der Waals surface area contributed by atoms with E-state index in [-0.39, 0.29) is 5.91 Å². The van der Waals surface area contributed by atoms with Crippen LogP contribution in [0.4, 0.5) is 0 Å². The molecule has 28 heavy (non-hydrogen) atoms. The Balaban J connectivity index is 1.30. The Morgan fingerprint density at radius 3 is 2.68 bits per heavy atom. The molecule has 1 aromatic carbocycles. The molecule has 144 valence electrons. The van der Waals surface area contributed by atoms with Crippen LogP contribution in [0.1, 0.15) is 36.1 Å². The quantitative estimate of drug-likeness (QED) is 0.633. The Hall–Kier alpha value is -3.22. The minimum atomic E-state index is 0.205. The average molecular weight is 377 g/mol. The van der Waals surface area contributed by atoms with Gasteiger partial charge < -0.3 is 9.64 Å². The van der Waals surface area contributed by atoms with Crippen molar-refractivity contribution in [3.8, 4) is 5.88 Å². The average Bonchev–Trinajstić information content (AvgIpc) is 3.17. The molecular formula is C21H23N5O2. The van der Waals surface area contributed by atoms with E-state index in [0.29, 0.717) is 32.0 Å². The van der Waals surface area contributed by atoms with Crippen LogP contribution in [-0.2, 0) is 24.5 Å². The minimum Gasteiger partial charge on any atom is -0.473 e. The molecule has 1 aliphatic heterocycles. The van der Waals surface area contributed by atoms with Crippen LogP contribution in [0.5, 0.6) is 5.88 Å². The SMILES string of the molecule is O=C1CCCCN1Cc1cn(Cc2ccc(OCc3ccccc3)nc2)nn1. The van der Waals surface area contributed by atoms with Gasteiger partial charge in [-0.25, -0.2) is 9.67 Å². The van der Waals surface area contributed by atoms with Gasteiger partial charge in [0.25, 0.3) is 0 Å². The van der Waals surface area contributed by atoms with E-state index in [4.69, 9.17) is 4.74 Å². The first-order valence-electron chi connectivity index (χ1n) is 9.55. The molecule has 0 atom stereocenters. The van der Waals surface area contributed by atoms with E-state index in [9.17, 15) is 4.79 Å². The smallest absolute Gasteiger partial charge is 0.222 e. The maximum atomic E-state index is 11.9. The first-order valence-corrected chi connectivity index (χ1v) is 9.55. The van der Waals surface area contributed by atoms with Gasteiger partial charge in [0, 0.05) is 25.2 Å². The maximum absolute atomic E-state index is 11.9. The summed E-state index contributed by atoms with van der Waals surface area (Å²) in [6, 6.07) is 13.8. The van der Waals surface area contributed by atoms with E-state index in [1.54, 1.807) is 10.9 Å². The minimum absolute atomic E-state index is 0.205. The fourth-order valence-electron chi connectivity index (χ4n) is 3.22. The number of carbonyl (C=O) groups excluding carboxylic acids is 1. The molecule has 0 spiro atoms. The van der Waals surface area contributed by atoms with E-state index in [1.807, 2.05) is 53.6 Å². The summed E-state index contributed by atoms with van der Waals surface area (Å²) < 4.78 is 7.48. The van der Waals surface area contributed by atoms with Crippen molar-refractivity contribution in [3.05, 3.63) is 71.7 Å². The van der Waals surface area contributed by atoms with Crippen molar-refractivity contribution in [1.82, 2.24) is 24.9 Å². The summed E-state index contributed by atoms with van der Waals surface area (Å²) in [5, 5.41) is 8.37. The molecule has 7 nitrogen and oxygen atoms in total. The molecule has 0 saturated carbocycles. The monoisotopic (exact) mass is 377 g/mol. The van der Waals surface area contributed by atoms with Gasteiger partial charge in [-0.3, -0.25) is 4.79 Å². The summed E-state index contributed by atoms with van der Waals surface area (Å²) in [6.45, 7) is 2.41. The van der Waals surface area contributed by atoms with E-state index < -0.39 is 0 Å². The second-order valence-electron chi connectivity index (χ2n) is 6.96. The van der Waals surface area contributed by atoms with Gasteiger partial charge in [0.15, 0.2) is 0 Å². The Morgan fingerprint density at radius 1 is 1.00 bits per heavy atom. The number of pyridine rings is 1. The normalized spacial score (nSPS) is 14.3. The zero-order chi connectivity index (χ0) is 19.2. The van der Waals surface area contributed by atoms with Crippen LogP contribution in [0.2, 0.25) is 0 Å². The molecule has 4 rings (SSSR count). The van der Waals surface area contributed by atoms with Crippen LogP contribution in [0.25, 0.3) is 0 Å². The lowest BCUT2D eigenvalue weighted by atomic mass is 10.1. The highest BCUT2D eigenvalue weighted by atomic mass is 16.5. The lowest BCUT2D eigenvalue weighted by Crippen LogP contribution is -2.34. The molecular weight excluding hydrogens is 354 g/mol. The molecule has 3 aromatic rings. The zero-order valence-electron chi connectivity index (χ0n) is 15.7. The number of benzene rings is 1. The molecule has 1 amide bonds. The number of ether oxygens (including phenoxy) is 1. The molecule has 0 radical (unpaired) electrons. The molecule has 3 heterocycles. The molecule has 1 saturated heterocycles. The van der Waals surface area contributed by atoms with Gasteiger partial charge in [-0.2, -0.15) is 0 Å². The number of nitrogens with zero attached hydrogens (tertiary/aromatic N) is 5. The lowest BCUT2D eigenvalue weighted by molar-refractivity contribution is -0.133. The van der Waals surface area contributed by atoms with Crippen LogP contribution < -0.4 is 4.74 Å². The zero-order valence-corrected chi connectivity index (χ0v) is 15.7. The topological polar surface area (TPSA) is 73.1 Å². The van der Waals surface area contributed by atoms with Crippen molar-refractivity contribution < 1.29 is 9.53 Å². The van der Waals surface area contributed by atoms with Gasteiger partial charge in [0.05, 0.1) is 19.3 Å². The molecule has 0 bridgehead atoms. The fraction of sp³-hybridized carbons (Fsp3) is 0.333. The van der Waals surface area contributed by atoms with Crippen molar-refractivity contribution in [2.45, 2.75) is 39.0 Å². The number of piperidine rings is 1. The Bertz CT molecular complexity index is 908. The second kappa shape index (κ2) is 8.65. The van der Waals surface area contributed by atoms with Crippen LogP contribution in [0, 0.1) is 0 Å². The van der Waals surface area contributed by atoms with E-state index >= 15 is 0 Å². The summed E-state index contributed by atoms with van der Waals surface area (Å²) in [6.07, 6.45) is 6.36. The number of likely N-dealkylation sites (tertiary alicyclic amines) is 1. The van der Waals surface area contributed by atoms with Gasteiger partial charge in [0.1, 0.15) is 12.3 Å². The summed E-state index contributed by atoms with van der Waals surface area (Å²) >= 11 is 0. The molecule has 0 unspecified atom stereocenters. The molecule has 1 fully saturated rings. The van der Waals surface area contributed by atoms with Crippen LogP contribution in [-0.4, -0.2) is 37.3 Å². The predicted molar refractivity (Wildman–Crippen MR) is 103 cm³/mol. The van der Waals surface area contributed by atoms with Crippen LogP contribution in [0.3, 0.4) is 0 Å². The standard InChI is InChI=1S/C21H23N5O2/c27-21-8-4-5-11-25(21)14-19-15-26(24-23-19)13-18-9-10-20(22-12-18)28-16-17-6-2-1-3-7-17/h1-3,6-7,9-10,12,15H,4-5,8,11,13-14,16H2. The third kappa shape index (κ3) is 4.73. The van der Waals surface area contributed by atoms with E-state index in [2.05, 4.69) is 15.3 Å². The highest BCUT2D eigenvalue weighted by Gasteiger charge is 2.19. The highest BCUT2D eigenvalue weighted by Crippen LogP contribution is 2.14. The van der Waals surface area contributed by atoms with Crippen molar-refractivity contribution in [1.29, 1.82) is 0 Å². The van der Waals surface area contributed by atoms with Gasteiger partial charge in [-0.05, 0) is 24.0 Å². The first kappa shape index (κ1) is 18.2. The summed E-state index contributed by atoms with van der Waals surface area (Å²) in [7, 11) is 0. The Morgan fingerprint density at radius 2 is 1.89 bits per heavy atom. The highest BCUT2D eigenvalue weighted by molar-refractivity contribution is 5.76.